The van der Waals surface area contributed by atoms with Gasteiger partial charge >= 0.3 is 0 Å². The zero-order chi connectivity index (χ0) is 18.2. The molecule has 0 aliphatic heterocycles. The smallest absolute Gasteiger partial charge is 0.275 e. The van der Waals surface area contributed by atoms with Crippen LogP contribution in [0.2, 0.25) is 0 Å². The molecule has 0 saturated heterocycles. The Morgan fingerprint density at radius 3 is 2.48 bits per heavy atom. The van der Waals surface area contributed by atoms with E-state index in [2.05, 4.69) is 12.2 Å². The van der Waals surface area contributed by atoms with Crippen molar-refractivity contribution in [3.05, 3.63) is 71.0 Å². The number of nitrogens with two attached hydrogens (primary N) is 2. The van der Waals surface area contributed by atoms with E-state index in [-0.39, 0.29) is 30.9 Å². The number of rotatable bonds is 8. The fourth-order valence-electron chi connectivity index (χ4n) is 2.61. The third-order valence-corrected chi connectivity index (χ3v) is 3.95. The number of halogens is 1. The Balaban J connectivity index is 2.17. The number of primary amides is 1. The van der Waals surface area contributed by atoms with Crippen molar-refractivity contribution in [2.45, 2.75) is 19.4 Å². The van der Waals surface area contributed by atoms with E-state index < -0.39 is 5.91 Å². The number of carbonyl (C=O) groups is 2. The molecule has 5 N–H and O–H groups in total. The maximum atomic E-state index is 13.6. The average Bonchev–Trinajstić information content (AvgIpc) is 2.61. The lowest BCUT2D eigenvalue weighted by Crippen LogP contribution is -2.87. The summed E-state index contributed by atoms with van der Waals surface area (Å²) < 4.78 is 13.6. The summed E-state index contributed by atoms with van der Waals surface area (Å²) in [7, 11) is 0. The minimum Gasteiger partial charge on any atom is -0.368 e. The van der Waals surface area contributed by atoms with Crippen LogP contribution in [0.15, 0.2) is 48.5 Å². The van der Waals surface area contributed by atoms with Crippen LogP contribution in [-0.2, 0) is 16.0 Å². The number of carbonyl (C=O) groups excluding carboxylic acids is 2. The molecule has 5 nitrogen and oxygen atoms in total. The monoisotopic (exact) mass is 344 g/mol. The van der Waals surface area contributed by atoms with Gasteiger partial charge in [-0.25, -0.2) is 4.39 Å². The zero-order valence-corrected chi connectivity index (χ0v) is 14.2. The molecule has 0 aliphatic rings. The molecule has 0 aliphatic carbocycles. The fourth-order valence-corrected chi connectivity index (χ4v) is 2.61. The quantitative estimate of drug-likeness (QED) is 0.656. The van der Waals surface area contributed by atoms with Crippen LogP contribution >= 0.6 is 0 Å². The standard InChI is InChI=1S/C19H22FN3O2/c1-2-13-6-8-14(9-7-13)19(15-4-3-5-16(20)10-15)23-12-18(25)22-11-17(21)24/h3-10,19,23H,2,11-12H2,1H3,(H2,21,24)(H,22,25)/p+1/t19-/m1/s1. The Hall–Kier alpha value is -2.73. The van der Waals surface area contributed by atoms with Crippen LogP contribution in [0.3, 0.4) is 0 Å². The number of aryl methyl sites for hydroxylation is 1. The van der Waals surface area contributed by atoms with Crippen molar-refractivity contribution >= 4 is 11.8 Å². The summed E-state index contributed by atoms with van der Waals surface area (Å²) in [5.74, 6) is -1.21. The average molecular weight is 344 g/mol. The van der Waals surface area contributed by atoms with E-state index in [1.165, 1.54) is 17.7 Å². The Morgan fingerprint density at radius 2 is 1.88 bits per heavy atom. The van der Waals surface area contributed by atoms with Gasteiger partial charge in [-0.1, -0.05) is 43.3 Å². The minimum absolute atomic E-state index is 0.101. The second-order valence-corrected chi connectivity index (χ2v) is 5.81. The molecular weight excluding hydrogens is 321 g/mol. The van der Waals surface area contributed by atoms with Crippen LogP contribution in [-0.4, -0.2) is 24.9 Å². The molecule has 0 radical (unpaired) electrons. The van der Waals surface area contributed by atoms with Crippen molar-refractivity contribution in [2.75, 3.05) is 13.1 Å². The van der Waals surface area contributed by atoms with Crippen LogP contribution in [0.5, 0.6) is 0 Å². The van der Waals surface area contributed by atoms with Crippen LogP contribution in [0.1, 0.15) is 29.7 Å². The van der Waals surface area contributed by atoms with Gasteiger partial charge in [-0.3, -0.25) is 9.59 Å². The summed E-state index contributed by atoms with van der Waals surface area (Å²) in [6.45, 7) is 1.99. The van der Waals surface area contributed by atoms with Gasteiger partial charge in [0.05, 0.1) is 6.54 Å². The molecule has 0 spiro atoms. The summed E-state index contributed by atoms with van der Waals surface area (Å²) in [6, 6.07) is 14.2. The summed E-state index contributed by atoms with van der Waals surface area (Å²) in [5.41, 5.74) is 7.97. The van der Waals surface area contributed by atoms with Gasteiger partial charge in [-0.15, -0.1) is 0 Å². The number of benzene rings is 2. The number of hydrogen-bond acceptors (Lipinski definition) is 2. The summed E-state index contributed by atoms with van der Waals surface area (Å²) in [4.78, 5) is 22.6. The van der Waals surface area contributed by atoms with Crippen molar-refractivity contribution in [1.82, 2.24) is 5.32 Å². The van der Waals surface area contributed by atoms with Gasteiger partial charge in [0, 0.05) is 11.1 Å². The van der Waals surface area contributed by atoms with Crippen LogP contribution in [0.4, 0.5) is 4.39 Å². The Labute approximate surface area is 146 Å². The van der Waals surface area contributed by atoms with Gasteiger partial charge in [0.2, 0.25) is 5.91 Å². The van der Waals surface area contributed by atoms with Crippen LogP contribution in [0.25, 0.3) is 0 Å². The molecule has 0 fully saturated rings. The van der Waals surface area contributed by atoms with Crippen molar-refractivity contribution in [3.63, 3.8) is 0 Å². The van der Waals surface area contributed by atoms with E-state index in [0.29, 0.717) is 0 Å². The highest BCUT2D eigenvalue weighted by atomic mass is 19.1. The predicted octanol–water partition coefficient (Wildman–Crippen LogP) is 0.642. The molecule has 0 aromatic heterocycles. The number of nitrogens with one attached hydrogen (secondary N) is 1. The summed E-state index contributed by atoms with van der Waals surface area (Å²) >= 11 is 0. The molecule has 1 atom stereocenters. The van der Waals surface area contributed by atoms with E-state index in [1.807, 2.05) is 35.6 Å². The van der Waals surface area contributed by atoms with E-state index in [1.54, 1.807) is 6.07 Å². The molecular formula is C19H23FN3O2+. The molecule has 2 rings (SSSR count). The fraction of sp³-hybridized carbons (Fsp3) is 0.263. The summed E-state index contributed by atoms with van der Waals surface area (Å²) in [6.07, 6.45) is 0.935. The van der Waals surface area contributed by atoms with Crippen molar-refractivity contribution < 1.29 is 19.3 Å². The van der Waals surface area contributed by atoms with E-state index in [4.69, 9.17) is 5.73 Å². The van der Waals surface area contributed by atoms with Crippen LogP contribution in [0, 0.1) is 5.82 Å². The van der Waals surface area contributed by atoms with Gasteiger partial charge in [0.15, 0.2) is 6.54 Å². The minimum atomic E-state index is -0.592. The molecule has 6 heteroatoms. The maximum absolute atomic E-state index is 13.6. The molecule has 0 bridgehead atoms. The largest absolute Gasteiger partial charge is 0.368 e. The Kier molecular flexibility index (Phi) is 6.65. The molecule has 2 aromatic carbocycles. The first kappa shape index (κ1) is 18.6. The Bertz CT molecular complexity index is 732. The van der Waals surface area contributed by atoms with E-state index in [9.17, 15) is 14.0 Å². The SMILES string of the molecule is CCc1ccc([C@@H]([NH2+]CC(=O)NCC(N)=O)c2cccc(F)c2)cc1. The highest BCUT2D eigenvalue weighted by Crippen LogP contribution is 2.20. The third kappa shape index (κ3) is 5.69. The first-order valence-corrected chi connectivity index (χ1v) is 8.22. The lowest BCUT2D eigenvalue weighted by molar-refractivity contribution is -0.676. The highest BCUT2D eigenvalue weighted by molar-refractivity contribution is 5.84. The van der Waals surface area contributed by atoms with Crippen molar-refractivity contribution in [1.29, 1.82) is 0 Å². The Morgan fingerprint density at radius 1 is 1.16 bits per heavy atom. The second kappa shape index (κ2) is 8.94. The molecule has 0 saturated carbocycles. The zero-order valence-electron chi connectivity index (χ0n) is 14.2. The summed E-state index contributed by atoms with van der Waals surface area (Å²) in [5, 5.41) is 4.26. The molecule has 2 aromatic rings. The van der Waals surface area contributed by atoms with Gasteiger partial charge in [-0.2, -0.15) is 0 Å². The first-order valence-electron chi connectivity index (χ1n) is 8.22. The van der Waals surface area contributed by atoms with Crippen molar-refractivity contribution in [2.24, 2.45) is 5.73 Å². The van der Waals surface area contributed by atoms with Gasteiger partial charge in [0.25, 0.3) is 5.91 Å². The predicted molar refractivity (Wildman–Crippen MR) is 93.1 cm³/mol. The molecule has 132 valence electrons. The maximum Gasteiger partial charge on any atom is 0.275 e. The molecule has 0 unspecified atom stereocenters. The molecule has 0 heterocycles. The molecule has 25 heavy (non-hydrogen) atoms. The lowest BCUT2D eigenvalue weighted by Gasteiger charge is -2.17. The number of amides is 2. The van der Waals surface area contributed by atoms with Gasteiger partial charge in [-0.05, 0) is 24.1 Å². The number of quaternary nitrogens is 1. The van der Waals surface area contributed by atoms with E-state index in [0.717, 1.165) is 17.5 Å². The highest BCUT2D eigenvalue weighted by Gasteiger charge is 2.19. The van der Waals surface area contributed by atoms with Crippen LogP contribution < -0.4 is 16.4 Å². The third-order valence-electron chi connectivity index (χ3n) is 3.95. The topological polar surface area (TPSA) is 88.8 Å². The normalized spacial score (nSPS) is 11.8. The van der Waals surface area contributed by atoms with Gasteiger partial charge < -0.3 is 16.4 Å². The van der Waals surface area contributed by atoms with Gasteiger partial charge in [0.1, 0.15) is 11.9 Å². The second-order valence-electron chi connectivity index (χ2n) is 5.81. The lowest BCUT2D eigenvalue weighted by atomic mass is 9.97. The first-order chi connectivity index (χ1) is 12.0. The van der Waals surface area contributed by atoms with E-state index >= 15 is 0 Å². The number of hydrogen-bond donors (Lipinski definition) is 3. The molecule has 2 amide bonds. The van der Waals surface area contributed by atoms with Crippen molar-refractivity contribution in [3.8, 4) is 0 Å².